The fourth-order valence-corrected chi connectivity index (χ4v) is 3.18. The number of aromatic carboxylic acids is 1. The number of nitrogens with zero attached hydrogens (tertiary/aromatic N) is 3. The fraction of sp³-hybridized carbons (Fsp3) is 0.158. The molecule has 4 aromatic rings. The van der Waals surface area contributed by atoms with Gasteiger partial charge in [-0.25, -0.2) is 4.79 Å². The minimum absolute atomic E-state index is 0.137. The quantitative estimate of drug-likeness (QED) is 0.565. The zero-order valence-corrected chi connectivity index (χ0v) is 14.2. The molecule has 1 N–H and O–H groups in total. The number of aromatic nitrogens is 3. The Morgan fingerprint density at radius 3 is 2.41 bits per heavy atom. The van der Waals surface area contributed by atoms with Crippen LogP contribution in [0.2, 0.25) is 0 Å². The van der Waals surface area contributed by atoms with Crippen LogP contribution in [0.25, 0.3) is 27.6 Å². The summed E-state index contributed by atoms with van der Waals surface area (Å²) in [6, 6.07) is 9.50. The van der Waals surface area contributed by atoms with Gasteiger partial charge in [0.25, 0.3) is 0 Å². The number of aryl methyl sites for hydroxylation is 1. The van der Waals surface area contributed by atoms with Gasteiger partial charge in [-0.05, 0) is 49.4 Å². The highest BCUT2D eigenvalue weighted by Crippen LogP contribution is 2.34. The summed E-state index contributed by atoms with van der Waals surface area (Å²) in [6.45, 7) is 2.53. The molecule has 0 bridgehead atoms. The zero-order chi connectivity index (χ0) is 19.3. The van der Waals surface area contributed by atoms with E-state index in [4.69, 9.17) is 0 Å². The van der Waals surface area contributed by atoms with Crippen LogP contribution in [0.3, 0.4) is 0 Å². The summed E-state index contributed by atoms with van der Waals surface area (Å²) >= 11 is 0. The Morgan fingerprint density at radius 2 is 1.81 bits per heavy atom. The van der Waals surface area contributed by atoms with Crippen molar-refractivity contribution < 1.29 is 23.1 Å². The number of benzene rings is 2. The Hall–Kier alpha value is -3.29. The second kappa shape index (κ2) is 5.87. The van der Waals surface area contributed by atoms with Crippen LogP contribution >= 0.6 is 0 Å². The molecule has 8 heteroatoms. The van der Waals surface area contributed by atoms with Gasteiger partial charge in [0.2, 0.25) is 0 Å². The van der Waals surface area contributed by atoms with E-state index in [1.54, 1.807) is 21.4 Å². The van der Waals surface area contributed by atoms with Crippen molar-refractivity contribution >= 4 is 27.9 Å². The van der Waals surface area contributed by atoms with E-state index in [-0.39, 0.29) is 5.56 Å². The number of alkyl halides is 3. The molecule has 138 valence electrons. The van der Waals surface area contributed by atoms with Gasteiger partial charge in [0, 0.05) is 29.2 Å². The summed E-state index contributed by atoms with van der Waals surface area (Å²) < 4.78 is 42.0. The largest absolute Gasteiger partial charge is 0.478 e. The monoisotopic (exact) mass is 373 g/mol. The van der Waals surface area contributed by atoms with Gasteiger partial charge in [-0.3, -0.25) is 9.25 Å². The summed E-state index contributed by atoms with van der Waals surface area (Å²) in [5.41, 5.74) is 1.17. The molecule has 0 atom stereocenters. The third kappa shape index (κ3) is 2.73. The highest BCUT2D eigenvalue weighted by atomic mass is 19.4. The Kier molecular flexibility index (Phi) is 3.73. The Morgan fingerprint density at radius 1 is 1.11 bits per heavy atom. The first-order chi connectivity index (χ1) is 12.8. The molecule has 0 saturated carbocycles. The summed E-state index contributed by atoms with van der Waals surface area (Å²) in [7, 11) is 0. The molecule has 0 saturated heterocycles. The molecule has 0 aliphatic rings. The SMILES string of the molecule is CCn1cc2c3cc(C(=O)O)ccc3n(-c3ccc(C(F)(F)F)cc3)c2n1. The van der Waals surface area contributed by atoms with Gasteiger partial charge in [0.15, 0.2) is 5.65 Å². The predicted molar refractivity (Wildman–Crippen MR) is 94.2 cm³/mol. The lowest BCUT2D eigenvalue weighted by Gasteiger charge is -2.10. The molecule has 5 nitrogen and oxygen atoms in total. The van der Waals surface area contributed by atoms with E-state index in [0.717, 1.165) is 17.5 Å². The van der Waals surface area contributed by atoms with Crippen LogP contribution in [-0.2, 0) is 12.7 Å². The minimum Gasteiger partial charge on any atom is -0.478 e. The van der Waals surface area contributed by atoms with Crippen molar-refractivity contribution in [3.05, 3.63) is 59.8 Å². The topological polar surface area (TPSA) is 60.1 Å². The average molecular weight is 373 g/mol. The molecule has 4 rings (SSSR count). The van der Waals surface area contributed by atoms with Crippen molar-refractivity contribution in [1.29, 1.82) is 0 Å². The summed E-state index contributed by atoms with van der Waals surface area (Å²) in [4.78, 5) is 11.3. The molecule has 0 aliphatic carbocycles. The number of carboxylic acids is 1. The second-order valence-electron chi connectivity index (χ2n) is 6.14. The normalized spacial score (nSPS) is 12.1. The first-order valence-electron chi connectivity index (χ1n) is 8.22. The van der Waals surface area contributed by atoms with Gasteiger partial charge in [-0.1, -0.05) is 0 Å². The molecule has 0 unspecified atom stereocenters. The van der Waals surface area contributed by atoms with Gasteiger partial charge >= 0.3 is 12.1 Å². The summed E-state index contributed by atoms with van der Waals surface area (Å²) in [5.74, 6) is -1.05. The van der Waals surface area contributed by atoms with Crippen molar-refractivity contribution in [3.63, 3.8) is 0 Å². The van der Waals surface area contributed by atoms with Gasteiger partial charge in [-0.2, -0.15) is 18.3 Å². The number of hydrogen-bond acceptors (Lipinski definition) is 2. The predicted octanol–water partition coefficient (Wildman–Crippen LogP) is 4.72. The van der Waals surface area contributed by atoms with E-state index >= 15 is 0 Å². The van der Waals surface area contributed by atoms with Crippen LogP contribution in [-0.4, -0.2) is 25.4 Å². The molecular weight excluding hydrogens is 359 g/mol. The van der Waals surface area contributed by atoms with E-state index in [0.29, 0.717) is 28.8 Å². The number of carbonyl (C=O) groups is 1. The number of fused-ring (bicyclic) bond motifs is 3. The smallest absolute Gasteiger partial charge is 0.416 e. The van der Waals surface area contributed by atoms with Gasteiger partial charge in [0.05, 0.1) is 16.6 Å². The van der Waals surface area contributed by atoms with E-state index < -0.39 is 17.7 Å². The fourth-order valence-electron chi connectivity index (χ4n) is 3.18. The molecule has 0 radical (unpaired) electrons. The Labute approximate surface area is 151 Å². The van der Waals surface area contributed by atoms with Crippen molar-refractivity contribution in [2.75, 3.05) is 0 Å². The third-order valence-corrected chi connectivity index (χ3v) is 4.51. The molecule has 0 aliphatic heterocycles. The van der Waals surface area contributed by atoms with Crippen LogP contribution in [0.4, 0.5) is 13.2 Å². The number of carboxylic acid groups (broad SMARTS) is 1. The maximum Gasteiger partial charge on any atom is 0.416 e. The lowest BCUT2D eigenvalue weighted by atomic mass is 10.1. The molecule has 2 aromatic carbocycles. The van der Waals surface area contributed by atoms with Gasteiger partial charge in [0.1, 0.15) is 0 Å². The van der Waals surface area contributed by atoms with E-state index in [9.17, 15) is 23.1 Å². The van der Waals surface area contributed by atoms with Crippen LogP contribution in [0.15, 0.2) is 48.7 Å². The second-order valence-corrected chi connectivity index (χ2v) is 6.14. The highest BCUT2D eigenvalue weighted by Gasteiger charge is 2.30. The summed E-state index contributed by atoms with van der Waals surface area (Å²) in [6.07, 6.45) is -2.60. The molecule has 0 amide bonds. The van der Waals surface area contributed by atoms with Crippen LogP contribution in [0.5, 0.6) is 0 Å². The maximum atomic E-state index is 12.9. The first-order valence-corrected chi connectivity index (χ1v) is 8.22. The molecular formula is C19H14F3N3O2. The lowest BCUT2D eigenvalue weighted by Crippen LogP contribution is -2.05. The third-order valence-electron chi connectivity index (χ3n) is 4.51. The standard InChI is InChI=1S/C19H14F3N3O2/c1-2-24-10-15-14-9-11(18(26)27)3-8-16(14)25(17(15)23-24)13-6-4-12(5-7-13)19(20,21)22/h3-10H,2H2,1H3,(H,26,27). The number of hydrogen-bond donors (Lipinski definition) is 1. The van der Waals surface area contributed by atoms with E-state index in [1.165, 1.54) is 18.2 Å². The molecule has 27 heavy (non-hydrogen) atoms. The van der Waals surface area contributed by atoms with Crippen molar-refractivity contribution in [1.82, 2.24) is 14.3 Å². The molecule has 2 heterocycles. The van der Waals surface area contributed by atoms with Crippen molar-refractivity contribution in [3.8, 4) is 5.69 Å². The van der Waals surface area contributed by atoms with Crippen molar-refractivity contribution in [2.24, 2.45) is 0 Å². The highest BCUT2D eigenvalue weighted by molar-refractivity contribution is 6.09. The maximum absolute atomic E-state index is 12.9. The molecule has 0 spiro atoms. The Balaban J connectivity index is 2.00. The van der Waals surface area contributed by atoms with Crippen LogP contribution in [0, 0.1) is 0 Å². The first kappa shape index (κ1) is 17.1. The number of rotatable bonds is 3. The zero-order valence-electron chi connectivity index (χ0n) is 14.2. The van der Waals surface area contributed by atoms with Crippen LogP contribution < -0.4 is 0 Å². The van der Waals surface area contributed by atoms with Gasteiger partial charge < -0.3 is 5.11 Å². The lowest BCUT2D eigenvalue weighted by molar-refractivity contribution is -0.137. The van der Waals surface area contributed by atoms with E-state index in [2.05, 4.69) is 5.10 Å². The average Bonchev–Trinajstić information content (AvgIpc) is 3.17. The summed E-state index contributed by atoms with van der Waals surface area (Å²) in [5, 5.41) is 15.2. The Bertz CT molecular complexity index is 1170. The molecule has 2 aromatic heterocycles. The minimum atomic E-state index is -4.41. The molecule has 0 fully saturated rings. The van der Waals surface area contributed by atoms with Crippen LogP contribution in [0.1, 0.15) is 22.8 Å². The number of halogens is 3. The van der Waals surface area contributed by atoms with Gasteiger partial charge in [-0.15, -0.1) is 0 Å². The van der Waals surface area contributed by atoms with E-state index in [1.807, 2.05) is 13.1 Å². The van der Waals surface area contributed by atoms with Crippen molar-refractivity contribution in [2.45, 2.75) is 19.6 Å².